The van der Waals surface area contributed by atoms with Gasteiger partial charge in [0, 0.05) is 0 Å². The summed E-state index contributed by atoms with van der Waals surface area (Å²) < 4.78 is 0. The molecule has 0 fully saturated rings. The molecule has 0 aromatic heterocycles. The molecule has 0 bridgehead atoms. The van der Waals surface area contributed by atoms with Crippen LogP contribution < -0.4 is 0 Å². The van der Waals surface area contributed by atoms with Gasteiger partial charge >= 0.3 is 0 Å². The van der Waals surface area contributed by atoms with Crippen molar-refractivity contribution in [3.8, 4) is 0 Å². The molecule has 0 rings (SSSR count). The van der Waals surface area contributed by atoms with E-state index in [2.05, 4.69) is 132 Å². The van der Waals surface area contributed by atoms with Crippen molar-refractivity contribution in [1.29, 1.82) is 0 Å². The van der Waals surface area contributed by atoms with Crippen LogP contribution in [0.1, 0.15) is 202 Å². The predicted octanol–water partition coefficient (Wildman–Crippen LogP) is 14.4. The second-order valence-corrected chi connectivity index (χ2v) is 12.3. The molecule has 0 nitrogen and oxygen atoms in total. The Morgan fingerprint density at radius 3 is 0.629 bits per heavy atom. The maximum Gasteiger partial charge on any atom is -0.0334 e. The van der Waals surface area contributed by atoms with E-state index in [0.29, 0.717) is 10.8 Å². The highest BCUT2D eigenvalue weighted by Crippen LogP contribution is 2.28. The smallest absolute Gasteiger partial charge is 0.0334 e. The van der Waals surface area contributed by atoms with E-state index in [1.807, 2.05) is 0 Å². The van der Waals surface area contributed by atoms with Crippen molar-refractivity contribution >= 4 is 0 Å². The van der Waals surface area contributed by atoms with Crippen LogP contribution in [0.2, 0.25) is 0 Å². The molecule has 0 aromatic rings. The summed E-state index contributed by atoms with van der Waals surface area (Å²) in [7, 11) is 0. The SMILES string of the molecule is CCC(C)(C)CC.CCC(C)(CC)CC.CCC(C)C.CCC(C)C.CCC(C)CC.CCCC. The maximum absolute atomic E-state index is 2.35. The lowest BCUT2D eigenvalue weighted by Crippen LogP contribution is -2.10. The molecular weight excluding hydrogens is 420 g/mol. The quantitative estimate of drug-likeness (QED) is 0.278. The molecule has 0 aliphatic carbocycles. The van der Waals surface area contributed by atoms with Crippen LogP contribution in [-0.2, 0) is 0 Å². The Hall–Kier alpha value is 0. The minimum absolute atomic E-state index is 0.583. The fourth-order valence-electron chi connectivity index (χ4n) is 1.29. The molecule has 0 radical (unpaired) electrons. The average molecular weight is 503 g/mol. The van der Waals surface area contributed by atoms with Crippen molar-refractivity contribution in [3.63, 3.8) is 0 Å². The Morgan fingerprint density at radius 2 is 0.629 bits per heavy atom. The van der Waals surface area contributed by atoms with E-state index >= 15 is 0 Å². The lowest BCUT2D eigenvalue weighted by atomic mass is 9.82. The molecule has 0 aromatic carbocycles. The summed E-state index contributed by atoms with van der Waals surface area (Å²) in [6.07, 6.45) is 14.5. The molecule has 0 amide bonds. The number of rotatable bonds is 10. The molecule has 0 unspecified atom stereocenters. The van der Waals surface area contributed by atoms with Crippen LogP contribution in [0.5, 0.6) is 0 Å². The lowest BCUT2D eigenvalue weighted by molar-refractivity contribution is 0.286. The van der Waals surface area contributed by atoms with Gasteiger partial charge in [0.05, 0.1) is 0 Å². The van der Waals surface area contributed by atoms with Crippen molar-refractivity contribution in [1.82, 2.24) is 0 Å². The van der Waals surface area contributed by atoms with E-state index in [-0.39, 0.29) is 0 Å². The number of unbranched alkanes of at least 4 members (excludes halogenated alkanes) is 1. The van der Waals surface area contributed by atoms with E-state index in [1.165, 1.54) is 70.6 Å². The van der Waals surface area contributed by atoms with Gasteiger partial charge in [-0.05, 0) is 28.6 Å². The average Bonchev–Trinajstić information content (AvgIpc) is 2.88. The van der Waals surface area contributed by atoms with Crippen molar-refractivity contribution in [2.45, 2.75) is 202 Å². The first-order chi connectivity index (χ1) is 16.1. The molecule has 0 spiro atoms. The zero-order valence-electron chi connectivity index (χ0n) is 29.5. The summed E-state index contributed by atoms with van der Waals surface area (Å²) in [5.74, 6) is 2.70. The zero-order chi connectivity index (χ0) is 29.5. The van der Waals surface area contributed by atoms with Gasteiger partial charge in [-0.15, -0.1) is 0 Å². The Labute approximate surface area is 230 Å². The molecule has 0 aliphatic heterocycles. The van der Waals surface area contributed by atoms with E-state index in [1.54, 1.807) is 0 Å². The third kappa shape index (κ3) is 60.4. The van der Waals surface area contributed by atoms with Crippen LogP contribution >= 0.6 is 0 Å². The Morgan fingerprint density at radius 1 is 0.400 bits per heavy atom. The molecule has 0 heterocycles. The third-order valence-electron chi connectivity index (χ3n) is 8.00. The van der Waals surface area contributed by atoms with Gasteiger partial charge in [0.25, 0.3) is 0 Å². The van der Waals surface area contributed by atoms with Crippen LogP contribution in [0.15, 0.2) is 0 Å². The molecule has 35 heavy (non-hydrogen) atoms. The van der Waals surface area contributed by atoms with Gasteiger partial charge in [0.15, 0.2) is 0 Å². The highest BCUT2D eigenvalue weighted by molar-refractivity contribution is 4.67. The van der Waals surface area contributed by atoms with E-state index in [0.717, 1.165) is 17.8 Å². The van der Waals surface area contributed by atoms with Gasteiger partial charge in [-0.3, -0.25) is 0 Å². The normalized spacial score (nSPS) is 10.5. The van der Waals surface area contributed by atoms with Crippen molar-refractivity contribution in [3.05, 3.63) is 0 Å². The summed E-state index contributed by atoms with van der Waals surface area (Å²) in [6.45, 7) is 42.6. The Balaban J connectivity index is -0.0000000732. The second-order valence-electron chi connectivity index (χ2n) is 12.3. The first kappa shape index (κ1) is 48.1. The lowest BCUT2D eigenvalue weighted by Gasteiger charge is -2.23. The highest BCUT2D eigenvalue weighted by Gasteiger charge is 2.15. The molecule has 0 heteroatoms. The minimum Gasteiger partial charge on any atom is -0.0654 e. The fourth-order valence-corrected chi connectivity index (χ4v) is 1.29. The zero-order valence-corrected chi connectivity index (χ0v) is 29.5. The third-order valence-corrected chi connectivity index (χ3v) is 8.00. The predicted molar refractivity (Wildman–Crippen MR) is 174 cm³/mol. The maximum atomic E-state index is 2.35. The molecule has 0 aliphatic rings. The largest absolute Gasteiger partial charge is 0.0654 e. The topological polar surface area (TPSA) is 0 Å². The summed E-state index contributed by atoms with van der Waals surface area (Å²) >= 11 is 0. The minimum atomic E-state index is 0.583. The highest BCUT2D eigenvalue weighted by atomic mass is 14.2. The van der Waals surface area contributed by atoms with Gasteiger partial charge in [0.2, 0.25) is 0 Å². The van der Waals surface area contributed by atoms with Crippen LogP contribution in [-0.4, -0.2) is 0 Å². The van der Waals surface area contributed by atoms with Crippen molar-refractivity contribution < 1.29 is 0 Å². The van der Waals surface area contributed by atoms with Crippen LogP contribution in [0.3, 0.4) is 0 Å². The first-order valence-electron chi connectivity index (χ1n) is 16.1. The standard InChI is InChI=1S/C8H18.C7H16.C6H14.2C5H12.C4H10/c1-5-8(4,6-2)7-3;1-5-7(3,4)6-2;1-4-6(3)5-2;2*1-4-5(2)3;1-3-4-2/h5-7H2,1-4H3;5-6H2,1-4H3;6H,4-5H2,1-3H3;2*5H,4H2,1-3H3;3-4H2,1-2H3. The first-order valence-corrected chi connectivity index (χ1v) is 16.1. The number of hydrogen-bond donors (Lipinski definition) is 0. The molecule has 0 saturated heterocycles. The number of hydrogen-bond acceptors (Lipinski definition) is 0. The summed E-state index contributed by atoms with van der Waals surface area (Å²) in [5, 5.41) is 0. The molecule has 0 N–H and O–H groups in total. The molecule has 0 atom stereocenters. The summed E-state index contributed by atoms with van der Waals surface area (Å²) in [4.78, 5) is 0. The van der Waals surface area contributed by atoms with Gasteiger partial charge in [-0.2, -0.15) is 0 Å². The molecule has 0 saturated carbocycles. The van der Waals surface area contributed by atoms with Crippen LogP contribution in [0.25, 0.3) is 0 Å². The monoisotopic (exact) mass is 503 g/mol. The van der Waals surface area contributed by atoms with Gasteiger partial charge in [0.1, 0.15) is 0 Å². The molecular formula is C35H82. The Kier molecular flexibility index (Phi) is 49.7. The van der Waals surface area contributed by atoms with E-state index < -0.39 is 0 Å². The molecule has 222 valence electrons. The van der Waals surface area contributed by atoms with E-state index in [9.17, 15) is 0 Å². The summed E-state index contributed by atoms with van der Waals surface area (Å²) in [6, 6.07) is 0. The van der Waals surface area contributed by atoms with E-state index in [4.69, 9.17) is 0 Å². The van der Waals surface area contributed by atoms with Crippen LogP contribution in [0.4, 0.5) is 0 Å². The van der Waals surface area contributed by atoms with Gasteiger partial charge in [-0.25, -0.2) is 0 Å². The van der Waals surface area contributed by atoms with Gasteiger partial charge < -0.3 is 0 Å². The van der Waals surface area contributed by atoms with Crippen molar-refractivity contribution in [2.24, 2.45) is 28.6 Å². The Bertz CT molecular complexity index is 278. The fraction of sp³-hybridized carbons (Fsp3) is 1.00. The summed E-state index contributed by atoms with van der Waals surface area (Å²) in [5.41, 5.74) is 1.21. The van der Waals surface area contributed by atoms with Crippen molar-refractivity contribution in [2.75, 3.05) is 0 Å². The van der Waals surface area contributed by atoms with Gasteiger partial charge in [-0.1, -0.05) is 202 Å². The second kappa shape index (κ2) is 36.2. The van der Waals surface area contributed by atoms with Crippen LogP contribution in [0, 0.1) is 28.6 Å².